The summed E-state index contributed by atoms with van der Waals surface area (Å²) in [6, 6.07) is 0. The average Bonchev–Trinajstić information content (AvgIpc) is 2.13. The van der Waals surface area contributed by atoms with Crippen LogP contribution >= 0.6 is 0 Å². The summed E-state index contributed by atoms with van der Waals surface area (Å²) in [6.07, 6.45) is 2.63. The van der Waals surface area contributed by atoms with Gasteiger partial charge in [0.2, 0.25) is 5.91 Å². The Labute approximate surface area is 88.2 Å². The van der Waals surface area contributed by atoms with Crippen LogP contribution in [0.2, 0.25) is 0 Å². The van der Waals surface area contributed by atoms with Crippen LogP contribution in [-0.4, -0.2) is 35.1 Å². The van der Waals surface area contributed by atoms with Gasteiger partial charge >= 0.3 is 6.09 Å². The Morgan fingerprint density at radius 1 is 1.27 bits per heavy atom. The van der Waals surface area contributed by atoms with Crippen molar-refractivity contribution in [2.75, 3.05) is 13.1 Å². The molecule has 0 bridgehead atoms. The molecule has 1 aliphatic carbocycles. The maximum Gasteiger partial charge on any atom is 0.407 e. The van der Waals surface area contributed by atoms with E-state index in [-0.39, 0.29) is 17.2 Å². The van der Waals surface area contributed by atoms with E-state index in [0.717, 1.165) is 25.7 Å². The molecule has 84 valence electrons. The highest BCUT2D eigenvalue weighted by Crippen LogP contribution is 2.52. The molecule has 1 heterocycles. The second-order valence-corrected chi connectivity index (χ2v) is 4.78. The molecule has 3 N–H and O–H groups in total. The van der Waals surface area contributed by atoms with E-state index in [4.69, 9.17) is 10.8 Å². The molecule has 0 aromatic heterocycles. The van der Waals surface area contributed by atoms with E-state index >= 15 is 0 Å². The Hall–Kier alpha value is -1.26. The molecule has 1 aliphatic heterocycles. The quantitative estimate of drug-likeness (QED) is 0.669. The first-order chi connectivity index (χ1) is 7.02. The highest BCUT2D eigenvalue weighted by molar-refractivity contribution is 5.77. The van der Waals surface area contributed by atoms with Crippen LogP contribution in [0.4, 0.5) is 4.79 Å². The van der Waals surface area contributed by atoms with Crippen LogP contribution in [-0.2, 0) is 4.79 Å². The normalized spacial score (nSPS) is 24.9. The zero-order valence-corrected chi connectivity index (χ0v) is 8.61. The zero-order valence-electron chi connectivity index (χ0n) is 8.61. The third kappa shape index (κ3) is 1.78. The lowest BCUT2D eigenvalue weighted by Crippen LogP contribution is -2.51. The first-order valence-corrected chi connectivity index (χ1v) is 5.30. The van der Waals surface area contributed by atoms with Gasteiger partial charge in [0.25, 0.3) is 0 Å². The number of hydrogen-bond acceptors (Lipinski definition) is 2. The Balaban J connectivity index is 1.85. The first-order valence-electron chi connectivity index (χ1n) is 5.30. The Bertz CT molecular complexity index is 287. The van der Waals surface area contributed by atoms with E-state index in [1.165, 1.54) is 4.90 Å². The Kier molecular flexibility index (Phi) is 2.32. The van der Waals surface area contributed by atoms with Gasteiger partial charge in [-0.2, -0.15) is 0 Å². The van der Waals surface area contributed by atoms with Gasteiger partial charge < -0.3 is 15.7 Å². The number of nitrogens with two attached hydrogens (primary N) is 1. The number of hydrogen-bond donors (Lipinski definition) is 2. The molecular weight excluding hydrogens is 196 g/mol. The number of piperidine rings is 1. The van der Waals surface area contributed by atoms with E-state index in [0.29, 0.717) is 13.1 Å². The summed E-state index contributed by atoms with van der Waals surface area (Å²) in [6.45, 7) is 1.20. The van der Waals surface area contributed by atoms with Crippen molar-refractivity contribution in [3.8, 4) is 0 Å². The Morgan fingerprint density at radius 3 is 2.20 bits per heavy atom. The smallest absolute Gasteiger partial charge is 0.407 e. The van der Waals surface area contributed by atoms with E-state index in [2.05, 4.69) is 0 Å². The summed E-state index contributed by atoms with van der Waals surface area (Å²) in [7, 11) is 0. The van der Waals surface area contributed by atoms with Crippen LogP contribution < -0.4 is 5.73 Å². The average molecular weight is 212 g/mol. The third-order valence-corrected chi connectivity index (χ3v) is 3.86. The SMILES string of the molecule is NC(=O)C1CC2(CCN(C(=O)O)CC2)C1. The van der Waals surface area contributed by atoms with Crippen LogP contribution in [0.1, 0.15) is 25.7 Å². The van der Waals surface area contributed by atoms with Crippen molar-refractivity contribution in [2.45, 2.75) is 25.7 Å². The van der Waals surface area contributed by atoms with Crippen molar-refractivity contribution in [3.05, 3.63) is 0 Å². The molecule has 2 fully saturated rings. The summed E-state index contributed by atoms with van der Waals surface area (Å²) < 4.78 is 0. The summed E-state index contributed by atoms with van der Waals surface area (Å²) in [5.41, 5.74) is 5.43. The lowest BCUT2D eigenvalue weighted by atomic mass is 9.57. The monoisotopic (exact) mass is 212 g/mol. The molecular formula is C10H16N2O3. The molecule has 5 heteroatoms. The molecule has 1 spiro atoms. The molecule has 5 nitrogen and oxygen atoms in total. The van der Waals surface area contributed by atoms with Crippen molar-refractivity contribution in [3.63, 3.8) is 0 Å². The summed E-state index contributed by atoms with van der Waals surface area (Å²) in [4.78, 5) is 23.0. The van der Waals surface area contributed by atoms with Crippen LogP contribution in [0.5, 0.6) is 0 Å². The van der Waals surface area contributed by atoms with Gasteiger partial charge in [-0.3, -0.25) is 4.79 Å². The van der Waals surface area contributed by atoms with E-state index < -0.39 is 6.09 Å². The fourth-order valence-electron chi connectivity index (χ4n) is 2.77. The topological polar surface area (TPSA) is 83.6 Å². The van der Waals surface area contributed by atoms with Gasteiger partial charge in [0.05, 0.1) is 0 Å². The van der Waals surface area contributed by atoms with Crippen molar-refractivity contribution < 1.29 is 14.7 Å². The van der Waals surface area contributed by atoms with E-state index in [1.54, 1.807) is 0 Å². The van der Waals surface area contributed by atoms with Gasteiger partial charge in [-0.1, -0.05) is 0 Å². The maximum atomic E-state index is 10.9. The van der Waals surface area contributed by atoms with E-state index in [9.17, 15) is 9.59 Å². The second-order valence-electron chi connectivity index (χ2n) is 4.78. The highest BCUT2D eigenvalue weighted by Gasteiger charge is 2.48. The molecule has 2 rings (SSSR count). The summed E-state index contributed by atoms with van der Waals surface area (Å²) in [5, 5.41) is 8.79. The minimum atomic E-state index is -0.837. The van der Waals surface area contributed by atoms with Gasteiger partial charge in [-0.25, -0.2) is 4.79 Å². The minimum absolute atomic E-state index is 0.0291. The van der Waals surface area contributed by atoms with Gasteiger partial charge in [0.1, 0.15) is 0 Å². The standard InChI is InChI=1S/C10H16N2O3/c11-8(13)7-5-10(6-7)1-3-12(4-2-10)9(14)15/h7H,1-6H2,(H2,11,13)(H,14,15). The molecule has 2 amide bonds. The van der Waals surface area contributed by atoms with Crippen molar-refractivity contribution >= 4 is 12.0 Å². The van der Waals surface area contributed by atoms with Crippen LogP contribution in [0.3, 0.4) is 0 Å². The third-order valence-electron chi connectivity index (χ3n) is 3.86. The van der Waals surface area contributed by atoms with Crippen molar-refractivity contribution in [1.29, 1.82) is 0 Å². The number of carbonyl (C=O) groups is 2. The predicted molar refractivity (Wildman–Crippen MR) is 53.2 cm³/mol. The molecule has 1 saturated carbocycles. The van der Waals surface area contributed by atoms with Crippen LogP contribution in [0.15, 0.2) is 0 Å². The van der Waals surface area contributed by atoms with Crippen molar-refractivity contribution in [2.24, 2.45) is 17.1 Å². The molecule has 0 unspecified atom stereocenters. The van der Waals surface area contributed by atoms with Gasteiger partial charge in [-0.05, 0) is 31.1 Å². The fraction of sp³-hybridized carbons (Fsp3) is 0.800. The highest BCUT2D eigenvalue weighted by atomic mass is 16.4. The second kappa shape index (κ2) is 3.40. The number of nitrogens with zero attached hydrogens (tertiary/aromatic N) is 1. The predicted octanol–water partition coefficient (Wildman–Crippen LogP) is 0.642. The molecule has 0 radical (unpaired) electrons. The number of rotatable bonds is 1. The van der Waals surface area contributed by atoms with Gasteiger partial charge in [0.15, 0.2) is 0 Å². The van der Waals surface area contributed by atoms with Crippen LogP contribution in [0, 0.1) is 11.3 Å². The number of carboxylic acid groups (broad SMARTS) is 1. The molecule has 1 saturated heterocycles. The number of primary amides is 1. The van der Waals surface area contributed by atoms with Gasteiger partial charge in [-0.15, -0.1) is 0 Å². The summed E-state index contributed by atoms with van der Waals surface area (Å²) in [5.74, 6) is -0.178. The molecule has 0 atom stereocenters. The van der Waals surface area contributed by atoms with E-state index in [1.807, 2.05) is 0 Å². The van der Waals surface area contributed by atoms with Crippen molar-refractivity contribution in [1.82, 2.24) is 4.90 Å². The molecule has 0 aromatic carbocycles. The number of likely N-dealkylation sites (tertiary alicyclic amines) is 1. The molecule has 2 aliphatic rings. The lowest BCUT2D eigenvalue weighted by Gasteiger charge is -2.50. The minimum Gasteiger partial charge on any atom is -0.465 e. The Morgan fingerprint density at radius 2 is 1.80 bits per heavy atom. The lowest BCUT2D eigenvalue weighted by molar-refractivity contribution is -0.131. The molecule has 15 heavy (non-hydrogen) atoms. The number of carbonyl (C=O) groups excluding carboxylic acids is 1. The van der Waals surface area contributed by atoms with Crippen LogP contribution in [0.25, 0.3) is 0 Å². The first kappa shape index (κ1) is 10.3. The zero-order chi connectivity index (χ0) is 11.1. The largest absolute Gasteiger partial charge is 0.465 e. The number of amides is 2. The van der Waals surface area contributed by atoms with Gasteiger partial charge in [0, 0.05) is 19.0 Å². The summed E-state index contributed by atoms with van der Waals surface area (Å²) >= 11 is 0. The molecule has 0 aromatic rings. The maximum absolute atomic E-state index is 10.9. The fourth-order valence-corrected chi connectivity index (χ4v) is 2.77.